The lowest BCUT2D eigenvalue weighted by molar-refractivity contribution is 0.252. The predicted molar refractivity (Wildman–Crippen MR) is 113 cm³/mol. The van der Waals surface area contributed by atoms with Gasteiger partial charge in [-0.3, -0.25) is 0 Å². The average Bonchev–Trinajstić information content (AvgIpc) is 2.67. The number of benzene rings is 3. The van der Waals surface area contributed by atoms with Gasteiger partial charge in [-0.25, -0.2) is 10.2 Å². The summed E-state index contributed by atoms with van der Waals surface area (Å²) >= 11 is 7.55. The number of nitrogens with one attached hydrogen (secondary N) is 2. The Bertz CT molecular complexity index is 940. The summed E-state index contributed by atoms with van der Waals surface area (Å²) in [7, 11) is 0. The monoisotopic (exact) mass is 395 g/mol. The van der Waals surface area contributed by atoms with Crippen molar-refractivity contribution in [3.63, 3.8) is 0 Å². The van der Waals surface area contributed by atoms with Gasteiger partial charge < -0.3 is 5.32 Å². The van der Waals surface area contributed by atoms with E-state index in [-0.39, 0.29) is 6.03 Å². The van der Waals surface area contributed by atoms with E-state index in [0.717, 1.165) is 31.6 Å². The SMILES string of the molecule is Cc1ccccc1NC(=O)NN=Cc1ccc(Sc2ccc(Cl)cc2)cc1. The Hall–Kier alpha value is -2.76. The van der Waals surface area contributed by atoms with E-state index in [1.807, 2.05) is 79.7 Å². The van der Waals surface area contributed by atoms with Crippen molar-refractivity contribution in [1.29, 1.82) is 0 Å². The highest BCUT2D eigenvalue weighted by molar-refractivity contribution is 7.99. The van der Waals surface area contributed by atoms with Crippen molar-refractivity contribution >= 4 is 41.3 Å². The minimum absolute atomic E-state index is 0.379. The molecule has 0 radical (unpaired) electrons. The molecule has 136 valence electrons. The van der Waals surface area contributed by atoms with Crippen LogP contribution in [0.3, 0.4) is 0 Å². The highest BCUT2D eigenvalue weighted by Gasteiger charge is 2.02. The lowest BCUT2D eigenvalue weighted by Gasteiger charge is -2.06. The number of hydrogen-bond donors (Lipinski definition) is 2. The second kappa shape index (κ2) is 9.26. The van der Waals surface area contributed by atoms with Gasteiger partial charge in [-0.05, 0) is 60.5 Å². The fraction of sp³-hybridized carbons (Fsp3) is 0.0476. The van der Waals surface area contributed by atoms with Crippen LogP contribution >= 0.6 is 23.4 Å². The van der Waals surface area contributed by atoms with Crippen LogP contribution in [0.15, 0.2) is 87.7 Å². The maximum atomic E-state index is 11.9. The van der Waals surface area contributed by atoms with Gasteiger partial charge in [-0.2, -0.15) is 5.10 Å². The first-order chi connectivity index (χ1) is 13.1. The van der Waals surface area contributed by atoms with Gasteiger partial charge >= 0.3 is 6.03 Å². The number of halogens is 1. The van der Waals surface area contributed by atoms with Gasteiger partial charge in [0.25, 0.3) is 0 Å². The number of hydrazone groups is 1. The molecule has 0 aliphatic rings. The summed E-state index contributed by atoms with van der Waals surface area (Å²) in [6, 6.07) is 22.8. The molecular weight excluding hydrogens is 378 g/mol. The van der Waals surface area contributed by atoms with E-state index in [9.17, 15) is 4.79 Å². The molecule has 0 aliphatic carbocycles. The Morgan fingerprint density at radius 2 is 1.59 bits per heavy atom. The molecule has 6 heteroatoms. The van der Waals surface area contributed by atoms with Crippen molar-refractivity contribution in [3.05, 3.63) is 88.9 Å². The van der Waals surface area contributed by atoms with Crippen LogP contribution in [0.25, 0.3) is 0 Å². The smallest absolute Gasteiger partial charge is 0.306 e. The van der Waals surface area contributed by atoms with E-state index >= 15 is 0 Å². The van der Waals surface area contributed by atoms with E-state index in [1.54, 1.807) is 18.0 Å². The maximum absolute atomic E-state index is 11.9. The zero-order valence-electron chi connectivity index (χ0n) is 14.6. The molecule has 4 nitrogen and oxygen atoms in total. The summed E-state index contributed by atoms with van der Waals surface area (Å²) in [4.78, 5) is 14.1. The highest BCUT2D eigenvalue weighted by atomic mass is 35.5. The van der Waals surface area contributed by atoms with E-state index in [1.165, 1.54) is 0 Å². The number of anilines is 1. The van der Waals surface area contributed by atoms with Crippen LogP contribution in [-0.2, 0) is 0 Å². The molecule has 3 aromatic rings. The number of carbonyl (C=O) groups excluding carboxylic acids is 1. The third-order valence-electron chi connectivity index (χ3n) is 3.70. The first kappa shape index (κ1) is 19.0. The molecule has 0 fully saturated rings. The normalized spacial score (nSPS) is 10.7. The predicted octanol–water partition coefficient (Wildman–Crippen LogP) is 5.96. The summed E-state index contributed by atoms with van der Waals surface area (Å²) in [6.45, 7) is 1.93. The molecule has 27 heavy (non-hydrogen) atoms. The molecule has 0 saturated carbocycles. The first-order valence-corrected chi connectivity index (χ1v) is 9.49. The molecule has 0 aromatic heterocycles. The van der Waals surface area contributed by atoms with Crippen LogP contribution < -0.4 is 10.7 Å². The van der Waals surface area contributed by atoms with Gasteiger partial charge in [0.1, 0.15) is 0 Å². The van der Waals surface area contributed by atoms with Gasteiger partial charge in [0.05, 0.1) is 6.21 Å². The number of hydrogen-bond acceptors (Lipinski definition) is 3. The number of urea groups is 1. The van der Waals surface area contributed by atoms with Crippen LogP contribution in [0, 0.1) is 6.92 Å². The Balaban J connectivity index is 1.52. The van der Waals surface area contributed by atoms with Crippen LogP contribution in [0.1, 0.15) is 11.1 Å². The summed E-state index contributed by atoms with van der Waals surface area (Å²) in [5.41, 5.74) is 5.11. The summed E-state index contributed by atoms with van der Waals surface area (Å²) in [5.74, 6) is 0. The van der Waals surface area contributed by atoms with E-state index in [4.69, 9.17) is 11.6 Å². The van der Waals surface area contributed by atoms with Crippen molar-refractivity contribution in [3.8, 4) is 0 Å². The molecule has 0 heterocycles. The number of nitrogens with zero attached hydrogens (tertiary/aromatic N) is 1. The van der Waals surface area contributed by atoms with Crippen LogP contribution in [-0.4, -0.2) is 12.2 Å². The summed E-state index contributed by atoms with van der Waals surface area (Å²) in [5, 5.41) is 7.47. The molecule has 0 unspecified atom stereocenters. The minimum atomic E-state index is -0.379. The van der Waals surface area contributed by atoms with Crippen LogP contribution in [0.4, 0.5) is 10.5 Å². The molecule has 0 spiro atoms. The Morgan fingerprint density at radius 3 is 2.26 bits per heavy atom. The summed E-state index contributed by atoms with van der Waals surface area (Å²) < 4.78 is 0. The maximum Gasteiger partial charge on any atom is 0.339 e. The van der Waals surface area contributed by atoms with Crippen molar-refractivity contribution in [2.75, 3.05) is 5.32 Å². The van der Waals surface area contributed by atoms with E-state index in [0.29, 0.717) is 0 Å². The second-order valence-corrected chi connectivity index (χ2v) is 7.35. The molecule has 0 aliphatic heterocycles. The Morgan fingerprint density at radius 1 is 0.963 bits per heavy atom. The Kier molecular flexibility index (Phi) is 6.52. The fourth-order valence-corrected chi connectivity index (χ4v) is 3.23. The van der Waals surface area contributed by atoms with E-state index < -0.39 is 0 Å². The third-order valence-corrected chi connectivity index (χ3v) is 4.97. The standard InChI is InChI=1S/C21H18ClN3OS/c1-15-4-2-3-5-20(15)24-21(26)25-23-14-16-6-10-18(11-7-16)27-19-12-8-17(22)9-13-19/h2-14H,1H3,(H2,24,25,26). The van der Waals surface area contributed by atoms with Gasteiger partial charge in [-0.15, -0.1) is 0 Å². The van der Waals surface area contributed by atoms with Crippen LogP contribution in [0.5, 0.6) is 0 Å². The lowest BCUT2D eigenvalue weighted by atomic mass is 10.2. The van der Waals surface area contributed by atoms with Gasteiger partial charge in [0.15, 0.2) is 0 Å². The van der Waals surface area contributed by atoms with E-state index in [2.05, 4.69) is 15.8 Å². The molecule has 0 atom stereocenters. The first-order valence-electron chi connectivity index (χ1n) is 8.29. The molecule has 0 bridgehead atoms. The minimum Gasteiger partial charge on any atom is -0.306 e. The van der Waals surface area contributed by atoms with Gasteiger partial charge in [-0.1, -0.05) is 53.7 Å². The molecule has 2 N–H and O–H groups in total. The summed E-state index contributed by atoms with van der Waals surface area (Å²) in [6.07, 6.45) is 1.61. The quantitative estimate of drug-likeness (QED) is 0.414. The number of para-hydroxylation sites is 1. The topological polar surface area (TPSA) is 53.5 Å². The zero-order valence-corrected chi connectivity index (χ0v) is 16.2. The fourth-order valence-electron chi connectivity index (χ4n) is 2.29. The molecule has 3 rings (SSSR count). The number of rotatable bonds is 5. The van der Waals surface area contributed by atoms with Crippen LogP contribution in [0.2, 0.25) is 5.02 Å². The molecule has 2 amide bonds. The molecule has 3 aromatic carbocycles. The van der Waals surface area contributed by atoms with Crippen molar-refractivity contribution in [1.82, 2.24) is 5.43 Å². The lowest BCUT2D eigenvalue weighted by Crippen LogP contribution is -2.24. The zero-order chi connectivity index (χ0) is 19.1. The highest BCUT2D eigenvalue weighted by Crippen LogP contribution is 2.28. The number of carbonyl (C=O) groups is 1. The number of aryl methyl sites for hydroxylation is 1. The third kappa shape index (κ3) is 5.88. The van der Waals surface area contributed by atoms with Gasteiger partial charge in [0, 0.05) is 20.5 Å². The van der Waals surface area contributed by atoms with Gasteiger partial charge in [0.2, 0.25) is 0 Å². The Labute approximate surface area is 167 Å². The second-order valence-electron chi connectivity index (χ2n) is 5.76. The van der Waals surface area contributed by atoms with Crippen molar-refractivity contribution in [2.24, 2.45) is 5.10 Å². The number of amides is 2. The van der Waals surface area contributed by atoms with Crippen molar-refractivity contribution in [2.45, 2.75) is 16.7 Å². The average molecular weight is 396 g/mol. The largest absolute Gasteiger partial charge is 0.339 e. The molecular formula is C21H18ClN3OS. The molecule has 0 saturated heterocycles. The van der Waals surface area contributed by atoms with Crippen molar-refractivity contribution < 1.29 is 4.79 Å².